The van der Waals surface area contributed by atoms with Crippen LogP contribution in [0.1, 0.15) is 83.5 Å². The summed E-state index contributed by atoms with van der Waals surface area (Å²) in [6.45, 7) is 7.01. The Morgan fingerprint density at radius 3 is 2.43 bits per heavy atom. The Morgan fingerprint density at radius 2 is 1.86 bits per heavy atom. The van der Waals surface area contributed by atoms with Crippen LogP contribution in [0.15, 0.2) is 4.52 Å². The van der Waals surface area contributed by atoms with Gasteiger partial charge >= 0.3 is 0 Å². The maximum Gasteiger partial charge on any atom is 0.243 e. The number of hydrogen-bond donors (Lipinski definition) is 1. The molecule has 0 aromatic carbocycles. The molecule has 0 radical (unpaired) electrons. The first-order valence-corrected chi connectivity index (χ1v) is 8.45. The Hall–Kier alpha value is -0.900. The predicted molar refractivity (Wildman–Crippen MR) is 80.6 cm³/mol. The van der Waals surface area contributed by atoms with E-state index in [1.165, 1.54) is 38.5 Å². The fourth-order valence-electron chi connectivity index (χ4n) is 6.47. The summed E-state index contributed by atoms with van der Waals surface area (Å²) in [5.41, 5.74) is 7.15. The van der Waals surface area contributed by atoms with Crippen LogP contribution in [0.4, 0.5) is 0 Å². The topological polar surface area (TPSA) is 64.9 Å². The van der Waals surface area contributed by atoms with Crippen molar-refractivity contribution in [3.8, 4) is 0 Å². The Balaban J connectivity index is 1.72. The lowest BCUT2D eigenvalue weighted by Crippen LogP contribution is -2.57. The molecule has 0 aliphatic heterocycles. The van der Waals surface area contributed by atoms with E-state index in [0.717, 1.165) is 18.2 Å². The molecule has 4 nitrogen and oxygen atoms in total. The number of hydrogen-bond acceptors (Lipinski definition) is 4. The summed E-state index contributed by atoms with van der Waals surface area (Å²) in [4.78, 5) is 4.73. The standard InChI is InChI=1S/C17H27N3O/c1-4-12(18)13-19-14(20-21-13)17-7-11-5-15(2,9-17)8-16(3,6-11)10-17/h11-12H,4-10,18H2,1-3H3. The maximum absolute atomic E-state index is 6.05. The Kier molecular flexibility index (Phi) is 2.68. The summed E-state index contributed by atoms with van der Waals surface area (Å²) in [5, 5.41) is 4.37. The van der Waals surface area contributed by atoms with Crippen molar-refractivity contribution in [1.29, 1.82) is 0 Å². The second-order valence-electron chi connectivity index (χ2n) is 8.88. The van der Waals surface area contributed by atoms with Gasteiger partial charge in [0.15, 0.2) is 5.82 Å². The fraction of sp³-hybridized carbons (Fsp3) is 0.882. The summed E-state index contributed by atoms with van der Waals surface area (Å²) in [5.74, 6) is 2.42. The van der Waals surface area contributed by atoms with E-state index < -0.39 is 0 Å². The molecule has 0 spiro atoms. The van der Waals surface area contributed by atoms with Crippen molar-refractivity contribution >= 4 is 0 Å². The van der Waals surface area contributed by atoms with Gasteiger partial charge in [-0.1, -0.05) is 25.9 Å². The molecule has 3 unspecified atom stereocenters. The Bertz CT molecular complexity index is 548. The predicted octanol–water partition coefficient (Wildman–Crippen LogP) is 3.73. The lowest BCUT2D eigenvalue weighted by molar-refractivity contribution is -0.113. The molecule has 4 saturated carbocycles. The van der Waals surface area contributed by atoms with Crippen molar-refractivity contribution in [1.82, 2.24) is 10.1 Å². The van der Waals surface area contributed by atoms with Gasteiger partial charge in [0.05, 0.1) is 6.04 Å². The van der Waals surface area contributed by atoms with Crippen molar-refractivity contribution in [2.24, 2.45) is 22.5 Å². The number of nitrogens with zero attached hydrogens (tertiary/aromatic N) is 2. The smallest absolute Gasteiger partial charge is 0.243 e. The quantitative estimate of drug-likeness (QED) is 0.921. The highest BCUT2D eigenvalue weighted by Gasteiger charge is 2.62. The van der Waals surface area contributed by atoms with Crippen LogP contribution >= 0.6 is 0 Å². The Morgan fingerprint density at radius 1 is 1.19 bits per heavy atom. The molecule has 0 saturated heterocycles. The lowest BCUT2D eigenvalue weighted by Gasteiger charge is -2.64. The zero-order chi connectivity index (χ0) is 14.9. The normalized spacial score (nSPS) is 46.0. The van der Waals surface area contributed by atoms with Crippen LogP contribution in [0.3, 0.4) is 0 Å². The van der Waals surface area contributed by atoms with Gasteiger partial charge < -0.3 is 10.3 Å². The van der Waals surface area contributed by atoms with Gasteiger partial charge in [-0.2, -0.15) is 4.98 Å². The van der Waals surface area contributed by atoms with Crippen LogP contribution in [-0.2, 0) is 5.41 Å². The minimum atomic E-state index is -0.119. The van der Waals surface area contributed by atoms with E-state index in [2.05, 4.69) is 25.9 Å². The van der Waals surface area contributed by atoms with E-state index in [0.29, 0.717) is 16.7 Å². The molecular formula is C17H27N3O. The van der Waals surface area contributed by atoms with Crippen molar-refractivity contribution in [2.75, 3.05) is 0 Å². The number of nitrogens with two attached hydrogens (primary N) is 1. The number of aromatic nitrogens is 2. The third-order valence-corrected chi connectivity index (χ3v) is 6.30. The minimum Gasteiger partial charge on any atom is -0.338 e. The van der Waals surface area contributed by atoms with Crippen molar-refractivity contribution < 1.29 is 4.52 Å². The SMILES string of the molecule is CCC(N)c1nc(C23CC4CC(C)(CC(C)(C4)C2)C3)no1. The van der Waals surface area contributed by atoms with Gasteiger partial charge in [0, 0.05) is 5.41 Å². The Labute approximate surface area is 126 Å². The molecule has 4 heteroatoms. The lowest BCUT2D eigenvalue weighted by atomic mass is 9.40. The number of rotatable bonds is 3. The van der Waals surface area contributed by atoms with Crippen LogP contribution in [0.2, 0.25) is 0 Å². The molecule has 4 aliphatic rings. The first-order valence-electron chi connectivity index (χ1n) is 8.45. The average molecular weight is 289 g/mol. The van der Waals surface area contributed by atoms with E-state index in [-0.39, 0.29) is 11.5 Å². The molecule has 1 aromatic rings. The second-order valence-corrected chi connectivity index (χ2v) is 8.88. The minimum absolute atomic E-state index is 0.119. The molecular weight excluding hydrogens is 262 g/mol. The highest BCUT2D eigenvalue weighted by Crippen LogP contribution is 2.69. The van der Waals surface area contributed by atoms with Gasteiger partial charge in [0.25, 0.3) is 0 Å². The van der Waals surface area contributed by atoms with Gasteiger partial charge in [-0.05, 0) is 61.7 Å². The summed E-state index contributed by atoms with van der Waals surface area (Å²) >= 11 is 0. The highest BCUT2D eigenvalue weighted by atomic mass is 16.5. The van der Waals surface area contributed by atoms with E-state index in [9.17, 15) is 0 Å². The van der Waals surface area contributed by atoms with E-state index in [4.69, 9.17) is 15.2 Å². The van der Waals surface area contributed by atoms with Crippen LogP contribution in [0.25, 0.3) is 0 Å². The van der Waals surface area contributed by atoms with Crippen molar-refractivity contribution in [3.63, 3.8) is 0 Å². The second kappa shape index (κ2) is 4.09. The molecule has 116 valence electrons. The zero-order valence-corrected chi connectivity index (χ0v) is 13.5. The summed E-state index contributed by atoms with van der Waals surface area (Å²) in [6, 6.07) is -0.119. The van der Waals surface area contributed by atoms with Crippen LogP contribution < -0.4 is 5.73 Å². The first-order chi connectivity index (χ1) is 9.85. The highest BCUT2D eigenvalue weighted by molar-refractivity contribution is 5.21. The molecule has 0 amide bonds. The molecule has 1 heterocycles. The molecule has 21 heavy (non-hydrogen) atoms. The average Bonchev–Trinajstić information content (AvgIpc) is 2.83. The van der Waals surface area contributed by atoms with E-state index >= 15 is 0 Å². The van der Waals surface area contributed by atoms with Crippen LogP contribution in [-0.4, -0.2) is 10.1 Å². The molecule has 2 N–H and O–H groups in total. The fourth-order valence-corrected chi connectivity index (χ4v) is 6.47. The van der Waals surface area contributed by atoms with Gasteiger partial charge in [-0.3, -0.25) is 0 Å². The third-order valence-electron chi connectivity index (χ3n) is 6.30. The molecule has 5 rings (SSSR count). The van der Waals surface area contributed by atoms with Gasteiger partial charge in [-0.25, -0.2) is 0 Å². The molecule has 4 fully saturated rings. The third kappa shape index (κ3) is 1.98. The monoisotopic (exact) mass is 289 g/mol. The summed E-state index contributed by atoms with van der Waals surface area (Å²) in [6.07, 6.45) is 8.70. The molecule has 1 aromatic heterocycles. The largest absolute Gasteiger partial charge is 0.338 e. The van der Waals surface area contributed by atoms with Gasteiger partial charge in [0.1, 0.15) is 0 Å². The maximum atomic E-state index is 6.05. The van der Waals surface area contributed by atoms with Gasteiger partial charge in [-0.15, -0.1) is 0 Å². The van der Waals surface area contributed by atoms with Gasteiger partial charge in [0.2, 0.25) is 5.89 Å². The van der Waals surface area contributed by atoms with Crippen LogP contribution in [0.5, 0.6) is 0 Å². The van der Waals surface area contributed by atoms with Crippen molar-refractivity contribution in [2.45, 2.75) is 77.2 Å². The summed E-state index contributed by atoms with van der Waals surface area (Å²) in [7, 11) is 0. The zero-order valence-electron chi connectivity index (χ0n) is 13.5. The summed E-state index contributed by atoms with van der Waals surface area (Å²) < 4.78 is 5.49. The van der Waals surface area contributed by atoms with Crippen molar-refractivity contribution in [3.05, 3.63) is 11.7 Å². The molecule has 3 atom stereocenters. The van der Waals surface area contributed by atoms with E-state index in [1.807, 2.05) is 0 Å². The molecule has 4 aliphatic carbocycles. The first kappa shape index (κ1) is 13.7. The molecule has 4 bridgehead atoms. The van der Waals surface area contributed by atoms with Crippen LogP contribution in [0, 0.1) is 16.7 Å². The van der Waals surface area contributed by atoms with E-state index in [1.54, 1.807) is 0 Å².